The molecule has 0 N–H and O–H groups in total. The maximum atomic E-state index is 13.0. The lowest BCUT2D eigenvalue weighted by molar-refractivity contribution is -0.140. The third-order valence-electron chi connectivity index (χ3n) is 4.44. The standard InChI is InChI=1S/C19H28N2O5/c1-24-17-7-4-3-6-16(17)19(23)21(11-8-18(22)25-2)10-5-9-20-12-14-26-15-13-20/h3-4,6-7H,5,8-15H2,1-2H3. The van der Waals surface area contributed by atoms with Crippen molar-refractivity contribution in [2.45, 2.75) is 12.8 Å². The van der Waals surface area contributed by atoms with E-state index in [4.69, 9.17) is 14.2 Å². The first kappa shape index (κ1) is 20.2. The molecule has 144 valence electrons. The van der Waals surface area contributed by atoms with Gasteiger partial charge in [0.2, 0.25) is 0 Å². The summed E-state index contributed by atoms with van der Waals surface area (Å²) in [5.74, 6) is 0.0816. The average Bonchev–Trinajstić information content (AvgIpc) is 2.70. The number of carbonyl (C=O) groups is 2. The highest BCUT2D eigenvalue weighted by Gasteiger charge is 2.20. The van der Waals surface area contributed by atoms with Crippen molar-refractivity contribution in [3.8, 4) is 5.75 Å². The molecule has 7 heteroatoms. The molecular formula is C19H28N2O5. The highest BCUT2D eigenvalue weighted by atomic mass is 16.5. The van der Waals surface area contributed by atoms with E-state index < -0.39 is 0 Å². The molecule has 1 aliphatic heterocycles. The fourth-order valence-corrected chi connectivity index (χ4v) is 2.94. The van der Waals surface area contributed by atoms with Crippen LogP contribution in [0.25, 0.3) is 0 Å². The van der Waals surface area contributed by atoms with Crippen LogP contribution in [0.5, 0.6) is 5.75 Å². The number of para-hydroxylation sites is 1. The molecule has 0 radical (unpaired) electrons. The van der Waals surface area contributed by atoms with Crippen LogP contribution >= 0.6 is 0 Å². The Kier molecular flexibility index (Phi) is 8.37. The summed E-state index contributed by atoms with van der Waals surface area (Å²) in [5, 5.41) is 0. The van der Waals surface area contributed by atoms with Gasteiger partial charge in [-0.3, -0.25) is 14.5 Å². The van der Waals surface area contributed by atoms with E-state index in [1.165, 1.54) is 7.11 Å². The minimum absolute atomic E-state index is 0.131. The summed E-state index contributed by atoms with van der Waals surface area (Å²) in [6.45, 7) is 5.15. The zero-order valence-corrected chi connectivity index (χ0v) is 15.6. The molecule has 26 heavy (non-hydrogen) atoms. The normalized spacial score (nSPS) is 14.7. The molecule has 1 fully saturated rings. The number of nitrogens with zero attached hydrogens (tertiary/aromatic N) is 2. The van der Waals surface area contributed by atoms with E-state index in [1.807, 2.05) is 12.1 Å². The SMILES string of the molecule is COC(=O)CCN(CCCN1CCOCC1)C(=O)c1ccccc1OC. The average molecular weight is 364 g/mol. The predicted octanol–water partition coefficient (Wildman–Crippen LogP) is 1.42. The van der Waals surface area contributed by atoms with E-state index in [2.05, 4.69) is 4.90 Å². The second-order valence-corrected chi connectivity index (χ2v) is 6.13. The van der Waals surface area contributed by atoms with Crippen molar-refractivity contribution in [2.75, 3.05) is 60.2 Å². The third-order valence-corrected chi connectivity index (χ3v) is 4.44. The smallest absolute Gasteiger partial charge is 0.307 e. The van der Waals surface area contributed by atoms with E-state index in [0.717, 1.165) is 39.3 Å². The molecule has 0 saturated carbocycles. The van der Waals surface area contributed by atoms with Gasteiger partial charge in [-0.15, -0.1) is 0 Å². The number of hydrogen-bond acceptors (Lipinski definition) is 6. The van der Waals surface area contributed by atoms with E-state index in [1.54, 1.807) is 24.1 Å². The number of hydrogen-bond donors (Lipinski definition) is 0. The van der Waals surface area contributed by atoms with Gasteiger partial charge in [-0.05, 0) is 18.6 Å². The Bertz CT molecular complexity index is 587. The van der Waals surface area contributed by atoms with Crippen molar-refractivity contribution < 1.29 is 23.8 Å². The van der Waals surface area contributed by atoms with Gasteiger partial charge in [-0.25, -0.2) is 0 Å². The summed E-state index contributed by atoms with van der Waals surface area (Å²) < 4.78 is 15.4. The number of benzene rings is 1. The molecule has 1 aromatic carbocycles. The summed E-state index contributed by atoms with van der Waals surface area (Å²) in [4.78, 5) is 28.5. The number of rotatable bonds is 9. The molecule has 0 aliphatic carbocycles. The molecule has 0 unspecified atom stereocenters. The molecule has 1 heterocycles. The lowest BCUT2D eigenvalue weighted by atomic mass is 10.1. The molecule has 0 bridgehead atoms. The summed E-state index contributed by atoms with van der Waals surface area (Å²) >= 11 is 0. The van der Waals surface area contributed by atoms with E-state index >= 15 is 0 Å². The molecule has 1 aliphatic rings. The van der Waals surface area contributed by atoms with Crippen molar-refractivity contribution in [1.29, 1.82) is 0 Å². The minimum atomic E-state index is -0.323. The maximum absolute atomic E-state index is 13.0. The topological polar surface area (TPSA) is 68.3 Å². The van der Waals surface area contributed by atoms with Gasteiger partial charge in [0.1, 0.15) is 5.75 Å². The number of morpholine rings is 1. The summed E-state index contributed by atoms with van der Waals surface area (Å²) in [6, 6.07) is 7.14. The van der Waals surface area contributed by atoms with Crippen molar-refractivity contribution in [1.82, 2.24) is 9.80 Å². The van der Waals surface area contributed by atoms with E-state index in [0.29, 0.717) is 24.4 Å². The van der Waals surface area contributed by atoms with E-state index in [9.17, 15) is 9.59 Å². The Balaban J connectivity index is 1.99. The van der Waals surface area contributed by atoms with Crippen LogP contribution in [0.2, 0.25) is 0 Å². The molecule has 1 aromatic rings. The second kappa shape index (κ2) is 10.8. The first-order chi connectivity index (χ1) is 12.7. The second-order valence-electron chi connectivity index (χ2n) is 6.13. The fourth-order valence-electron chi connectivity index (χ4n) is 2.94. The summed E-state index contributed by atoms with van der Waals surface area (Å²) in [7, 11) is 2.90. The number of carbonyl (C=O) groups excluding carboxylic acids is 2. The zero-order valence-electron chi connectivity index (χ0n) is 15.6. The molecule has 0 atom stereocenters. The Morgan fingerprint density at radius 3 is 2.58 bits per heavy atom. The Labute approximate surface area is 154 Å². The maximum Gasteiger partial charge on any atom is 0.307 e. The molecule has 2 rings (SSSR count). The van der Waals surface area contributed by atoms with Gasteiger partial charge in [0.15, 0.2) is 0 Å². The zero-order chi connectivity index (χ0) is 18.8. The Morgan fingerprint density at radius 2 is 1.88 bits per heavy atom. The molecule has 1 amide bonds. The molecule has 0 aromatic heterocycles. The van der Waals surface area contributed by atoms with Crippen molar-refractivity contribution >= 4 is 11.9 Å². The van der Waals surface area contributed by atoms with Crippen LogP contribution in [0, 0.1) is 0 Å². The van der Waals surface area contributed by atoms with E-state index in [-0.39, 0.29) is 18.3 Å². The molecule has 0 spiro atoms. The van der Waals surface area contributed by atoms with Gasteiger partial charge in [0.05, 0.1) is 39.4 Å². The predicted molar refractivity (Wildman–Crippen MR) is 97.4 cm³/mol. The highest BCUT2D eigenvalue weighted by molar-refractivity contribution is 5.97. The number of methoxy groups -OCH3 is 2. The number of ether oxygens (including phenoxy) is 3. The first-order valence-corrected chi connectivity index (χ1v) is 8.95. The van der Waals surface area contributed by atoms with Crippen LogP contribution in [0.3, 0.4) is 0 Å². The molecular weight excluding hydrogens is 336 g/mol. The molecule has 7 nitrogen and oxygen atoms in total. The van der Waals surface area contributed by atoms with Gasteiger partial charge in [-0.2, -0.15) is 0 Å². The van der Waals surface area contributed by atoms with Gasteiger partial charge in [0, 0.05) is 32.7 Å². The summed E-state index contributed by atoms with van der Waals surface area (Å²) in [5.41, 5.74) is 0.506. The quantitative estimate of drug-likeness (QED) is 0.618. The van der Waals surface area contributed by atoms with Crippen LogP contribution in [0.4, 0.5) is 0 Å². The Hall–Kier alpha value is -2.12. The van der Waals surface area contributed by atoms with Crippen LogP contribution in [0.15, 0.2) is 24.3 Å². The van der Waals surface area contributed by atoms with Gasteiger partial charge < -0.3 is 19.1 Å². The van der Waals surface area contributed by atoms with Crippen molar-refractivity contribution in [2.24, 2.45) is 0 Å². The monoisotopic (exact) mass is 364 g/mol. The lowest BCUT2D eigenvalue weighted by Crippen LogP contribution is -2.39. The largest absolute Gasteiger partial charge is 0.496 e. The Morgan fingerprint density at radius 1 is 1.15 bits per heavy atom. The molecule has 1 saturated heterocycles. The fraction of sp³-hybridized carbons (Fsp3) is 0.579. The third kappa shape index (κ3) is 6.00. The summed E-state index contributed by atoms with van der Waals surface area (Å²) in [6.07, 6.45) is 1.01. The van der Waals surface area contributed by atoms with Crippen LogP contribution in [-0.4, -0.2) is 81.8 Å². The van der Waals surface area contributed by atoms with Gasteiger partial charge in [-0.1, -0.05) is 12.1 Å². The lowest BCUT2D eigenvalue weighted by Gasteiger charge is -2.28. The van der Waals surface area contributed by atoms with Gasteiger partial charge in [0.25, 0.3) is 5.91 Å². The van der Waals surface area contributed by atoms with Crippen LogP contribution < -0.4 is 4.74 Å². The van der Waals surface area contributed by atoms with Crippen molar-refractivity contribution in [3.05, 3.63) is 29.8 Å². The number of esters is 1. The van der Waals surface area contributed by atoms with Crippen molar-refractivity contribution in [3.63, 3.8) is 0 Å². The van der Waals surface area contributed by atoms with Gasteiger partial charge >= 0.3 is 5.97 Å². The number of amides is 1. The minimum Gasteiger partial charge on any atom is -0.496 e. The van der Waals surface area contributed by atoms with Crippen LogP contribution in [-0.2, 0) is 14.3 Å². The first-order valence-electron chi connectivity index (χ1n) is 8.95. The van der Waals surface area contributed by atoms with Crippen LogP contribution in [0.1, 0.15) is 23.2 Å². The highest BCUT2D eigenvalue weighted by Crippen LogP contribution is 2.19.